The molecule has 3 aromatic rings. The lowest BCUT2D eigenvalue weighted by molar-refractivity contribution is -0.384. The van der Waals surface area contributed by atoms with Crippen LogP contribution in [0.3, 0.4) is 0 Å². The zero-order chi connectivity index (χ0) is 18.5. The molecule has 0 saturated carbocycles. The van der Waals surface area contributed by atoms with Crippen molar-refractivity contribution in [2.45, 2.75) is 0 Å². The van der Waals surface area contributed by atoms with Gasteiger partial charge in [-0.3, -0.25) is 15.5 Å². The van der Waals surface area contributed by atoms with E-state index in [-0.39, 0.29) is 17.3 Å². The van der Waals surface area contributed by atoms with E-state index >= 15 is 0 Å². The second kappa shape index (κ2) is 7.43. The number of nitrogens with zero attached hydrogens (tertiary/aromatic N) is 2. The number of nitrogens with one attached hydrogen (secondary N) is 1. The molecule has 0 atom stereocenters. The molecule has 3 rings (SSSR count). The number of hydrogen-bond donors (Lipinski definition) is 2. The van der Waals surface area contributed by atoms with E-state index in [2.05, 4.69) is 10.5 Å². The predicted octanol–water partition coefficient (Wildman–Crippen LogP) is 4.30. The van der Waals surface area contributed by atoms with Crippen LogP contribution >= 0.6 is 0 Å². The number of nitro benzene ring substituents is 1. The molecular formula is C19H14FN3O3. The van der Waals surface area contributed by atoms with E-state index in [1.54, 1.807) is 36.4 Å². The fourth-order valence-electron chi connectivity index (χ4n) is 2.30. The topological polar surface area (TPSA) is 87.8 Å². The summed E-state index contributed by atoms with van der Waals surface area (Å²) in [7, 11) is 0. The van der Waals surface area contributed by atoms with E-state index in [0.29, 0.717) is 22.5 Å². The molecule has 0 radical (unpaired) electrons. The van der Waals surface area contributed by atoms with Crippen LogP contribution in [0.5, 0.6) is 5.75 Å². The van der Waals surface area contributed by atoms with Crippen molar-refractivity contribution in [3.8, 4) is 5.75 Å². The van der Waals surface area contributed by atoms with Crippen LogP contribution in [0.25, 0.3) is 0 Å². The normalized spacial score (nSPS) is 11.2. The zero-order valence-electron chi connectivity index (χ0n) is 13.5. The number of anilines is 1. The van der Waals surface area contributed by atoms with Gasteiger partial charge in [-0.25, -0.2) is 4.39 Å². The van der Waals surface area contributed by atoms with E-state index in [9.17, 15) is 19.6 Å². The molecule has 0 aliphatic heterocycles. The number of rotatable bonds is 5. The molecule has 0 aromatic heterocycles. The van der Waals surface area contributed by atoms with E-state index in [0.717, 1.165) is 0 Å². The van der Waals surface area contributed by atoms with Gasteiger partial charge in [0.1, 0.15) is 11.6 Å². The van der Waals surface area contributed by atoms with Crippen LogP contribution in [-0.4, -0.2) is 15.7 Å². The number of phenols is 1. The Hall–Kier alpha value is -3.74. The van der Waals surface area contributed by atoms with Crippen molar-refractivity contribution in [1.82, 2.24) is 0 Å². The highest BCUT2D eigenvalue weighted by Gasteiger charge is 2.09. The number of hydrogen-bond acceptors (Lipinski definition) is 5. The van der Waals surface area contributed by atoms with Crippen LogP contribution in [0.4, 0.5) is 15.8 Å². The van der Waals surface area contributed by atoms with Gasteiger partial charge in [-0.15, -0.1) is 0 Å². The van der Waals surface area contributed by atoms with Gasteiger partial charge in [0.2, 0.25) is 0 Å². The van der Waals surface area contributed by atoms with Crippen molar-refractivity contribution < 1.29 is 14.4 Å². The first-order valence-corrected chi connectivity index (χ1v) is 7.66. The first-order chi connectivity index (χ1) is 12.5. The standard InChI is InChI=1S/C19H14FN3O3/c20-15-5-1-13(2-6-15)19(14-3-11-18(24)12-4-14)22-21-16-7-9-17(10-8-16)23(25)26/h1-12,21,24H. The van der Waals surface area contributed by atoms with Crippen LogP contribution in [0, 0.1) is 15.9 Å². The molecule has 0 saturated heterocycles. The zero-order valence-corrected chi connectivity index (χ0v) is 13.5. The van der Waals surface area contributed by atoms with E-state index in [4.69, 9.17) is 0 Å². The van der Waals surface area contributed by atoms with E-state index in [1.165, 1.54) is 36.4 Å². The largest absolute Gasteiger partial charge is 0.508 e. The Balaban J connectivity index is 1.94. The summed E-state index contributed by atoms with van der Waals surface area (Å²) in [6, 6.07) is 18.1. The minimum absolute atomic E-state index is 0.0168. The molecule has 3 aromatic carbocycles. The molecule has 0 bridgehead atoms. The Kier molecular flexibility index (Phi) is 4.89. The first-order valence-electron chi connectivity index (χ1n) is 7.66. The summed E-state index contributed by atoms with van der Waals surface area (Å²) >= 11 is 0. The molecular weight excluding hydrogens is 337 g/mol. The van der Waals surface area contributed by atoms with Crippen LogP contribution in [0.1, 0.15) is 11.1 Å². The summed E-state index contributed by atoms with van der Waals surface area (Å²) in [5.41, 5.74) is 5.31. The first kappa shape index (κ1) is 17.1. The van der Waals surface area contributed by atoms with E-state index in [1.807, 2.05) is 0 Å². The highest BCUT2D eigenvalue weighted by Crippen LogP contribution is 2.18. The summed E-state index contributed by atoms with van der Waals surface area (Å²) < 4.78 is 13.2. The number of non-ortho nitro benzene ring substituents is 1. The highest BCUT2D eigenvalue weighted by atomic mass is 19.1. The Bertz CT molecular complexity index is 890. The van der Waals surface area contributed by atoms with Crippen LogP contribution in [0.15, 0.2) is 77.9 Å². The third-order valence-corrected chi connectivity index (χ3v) is 3.63. The van der Waals surface area contributed by atoms with Gasteiger partial charge in [0.05, 0.1) is 16.3 Å². The molecule has 7 heteroatoms. The SMILES string of the molecule is O=[N+]([O-])c1ccc(NN=C(c2ccc(O)cc2)c2ccc(F)cc2)cc1. The van der Waals surface area contributed by atoms with Crippen molar-refractivity contribution in [3.05, 3.63) is 99.9 Å². The maximum absolute atomic E-state index is 13.2. The third-order valence-electron chi connectivity index (χ3n) is 3.63. The van der Waals surface area contributed by atoms with Crippen molar-refractivity contribution in [2.24, 2.45) is 5.10 Å². The number of halogens is 1. The molecule has 6 nitrogen and oxygen atoms in total. The summed E-state index contributed by atoms with van der Waals surface area (Å²) in [4.78, 5) is 10.2. The van der Waals surface area contributed by atoms with Gasteiger partial charge in [0.25, 0.3) is 5.69 Å². The van der Waals surface area contributed by atoms with Gasteiger partial charge in [-0.05, 0) is 60.7 Å². The van der Waals surface area contributed by atoms with Crippen molar-refractivity contribution >= 4 is 17.1 Å². The summed E-state index contributed by atoms with van der Waals surface area (Å²) in [5, 5.41) is 24.5. The van der Waals surface area contributed by atoms with Crippen LogP contribution < -0.4 is 5.43 Å². The maximum atomic E-state index is 13.2. The molecule has 0 unspecified atom stereocenters. The van der Waals surface area contributed by atoms with Crippen molar-refractivity contribution in [3.63, 3.8) is 0 Å². The number of benzene rings is 3. The Morgan fingerprint density at radius 3 is 2.00 bits per heavy atom. The molecule has 130 valence electrons. The molecule has 0 aliphatic rings. The van der Waals surface area contributed by atoms with Crippen molar-refractivity contribution in [1.29, 1.82) is 0 Å². The molecule has 2 N–H and O–H groups in total. The van der Waals surface area contributed by atoms with Gasteiger partial charge in [0, 0.05) is 23.3 Å². The molecule has 0 aliphatic carbocycles. The Morgan fingerprint density at radius 1 is 0.923 bits per heavy atom. The summed E-state index contributed by atoms with van der Waals surface area (Å²) in [6.45, 7) is 0. The average Bonchev–Trinajstić information content (AvgIpc) is 2.65. The monoisotopic (exact) mass is 351 g/mol. The van der Waals surface area contributed by atoms with Gasteiger partial charge in [0.15, 0.2) is 0 Å². The highest BCUT2D eigenvalue weighted by molar-refractivity contribution is 6.13. The van der Waals surface area contributed by atoms with E-state index < -0.39 is 4.92 Å². The van der Waals surface area contributed by atoms with Crippen LogP contribution in [0.2, 0.25) is 0 Å². The van der Waals surface area contributed by atoms with Crippen molar-refractivity contribution in [2.75, 3.05) is 5.43 Å². The lowest BCUT2D eigenvalue weighted by Crippen LogP contribution is -2.06. The van der Waals surface area contributed by atoms with Gasteiger partial charge < -0.3 is 5.11 Å². The second-order valence-corrected chi connectivity index (χ2v) is 5.43. The molecule has 0 amide bonds. The van der Waals surface area contributed by atoms with Gasteiger partial charge in [-0.2, -0.15) is 5.10 Å². The third kappa shape index (κ3) is 4.02. The Morgan fingerprint density at radius 2 is 1.46 bits per heavy atom. The quantitative estimate of drug-likeness (QED) is 0.407. The average molecular weight is 351 g/mol. The number of nitro groups is 1. The van der Waals surface area contributed by atoms with Gasteiger partial charge >= 0.3 is 0 Å². The number of phenolic OH excluding ortho intramolecular Hbond substituents is 1. The maximum Gasteiger partial charge on any atom is 0.269 e. The fraction of sp³-hybridized carbons (Fsp3) is 0. The fourth-order valence-corrected chi connectivity index (χ4v) is 2.30. The minimum atomic E-state index is -0.479. The smallest absolute Gasteiger partial charge is 0.269 e. The molecule has 0 heterocycles. The Labute approximate surface area is 148 Å². The lowest BCUT2D eigenvalue weighted by Gasteiger charge is -2.09. The molecule has 0 fully saturated rings. The minimum Gasteiger partial charge on any atom is -0.508 e. The molecule has 26 heavy (non-hydrogen) atoms. The summed E-state index contributed by atoms with van der Waals surface area (Å²) in [5.74, 6) is -0.238. The summed E-state index contributed by atoms with van der Waals surface area (Å²) in [6.07, 6.45) is 0. The second-order valence-electron chi connectivity index (χ2n) is 5.43. The van der Waals surface area contributed by atoms with Gasteiger partial charge in [-0.1, -0.05) is 0 Å². The lowest BCUT2D eigenvalue weighted by atomic mass is 10.0. The van der Waals surface area contributed by atoms with Crippen LogP contribution in [-0.2, 0) is 0 Å². The number of hydrazone groups is 1. The predicted molar refractivity (Wildman–Crippen MR) is 96.9 cm³/mol. The number of aromatic hydroxyl groups is 1. The molecule has 0 spiro atoms.